The van der Waals surface area contributed by atoms with Gasteiger partial charge in [0.1, 0.15) is 11.7 Å². The first kappa shape index (κ1) is 13.2. The van der Waals surface area contributed by atoms with Gasteiger partial charge in [-0.2, -0.15) is 0 Å². The first-order valence-electron chi connectivity index (χ1n) is 6.61. The second kappa shape index (κ2) is 5.29. The molecular weight excluding hydrogens is 276 g/mol. The highest BCUT2D eigenvalue weighted by atomic mass is 35.5. The number of ether oxygens (including phenoxy) is 1. The zero-order valence-corrected chi connectivity index (χ0v) is 11.9. The van der Waals surface area contributed by atoms with E-state index in [0.717, 1.165) is 36.5 Å². The molecule has 0 aliphatic carbocycles. The van der Waals surface area contributed by atoms with Crippen LogP contribution in [0.4, 0.5) is 0 Å². The van der Waals surface area contributed by atoms with Gasteiger partial charge in [0.25, 0.3) is 0 Å². The van der Waals surface area contributed by atoms with Gasteiger partial charge in [-0.05, 0) is 12.8 Å². The molecule has 1 unspecified atom stereocenters. The maximum Gasteiger partial charge on any atom is 0.314 e. The summed E-state index contributed by atoms with van der Waals surface area (Å²) in [5.41, 5.74) is 1.79. The van der Waals surface area contributed by atoms with Crippen molar-refractivity contribution in [2.45, 2.75) is 25.3 Å². The average Bonchev–Trinajstić information content (AvgIpc) is 2.85. The molecule has 4 nitrogen and oxygen atoms in total. The van der Waals surface area contributed by atoms with Crippen LogP contribution in [0.2, 0.25) is 5.15 Å². The Bertz CT molecular complexity index is 637. The van der Waals surface area contributed by atoms with Crippen molar-refractivity contribution in [3.05, 3.63) is 41.2 Å². The number of hydrogen-bond acceptors (Lipinski definition) is 3. The van der Waals surface area contributed by atoms with Crippen LogP contribution in [0.15, 0.2) is 30.3 Å². The fraction of sp³-hybridized carbons (Fsp3) is 0.333. The molecule has 0 radical (unpaired) electrons. The molecule has 1 aliphatic heterocycles. The highest BCUT2D eigenvalue weighted by Crippen LogP contribution is 2.37. The van der Waals surface area contributed by atoms with E-state index in [4.69, 9.17) is 16.3 Å². The summed E-state index contributed by atoms with van der Waals surface area (Å²) in [6.45, 7) is 0.826. The third-order valence-electron chi connectivity index (χ3n) is 3.68. The Kier molecular flexibility index (Phi) is 3.49. The van der Waals surface area contributed by atoms with Crippen LogP contribution in [-0.2, 0) is 16.1 Å². The van der Waals surface area contributed by atoms with Gasteiger partial charge < -0.3 is 9.30 Å². The molecule has 0 amide bonds. The molecule has 2 aromatic rings. The van der Waals surface area contributed by atoms with Gasteiger partial charge in [0, 0.05) is 12.1 Å². The van der Waals surface area contributed by atoms with Crippen molar-refractivity contribution in [1.29, 1.82) is 0 Å². The molecule has 0 bridgehead atoms. The lowest BCUT2D eigenvalue weighted by molar-refractivity contribution is -0.143. The number of hydrogen-bond donors (Lipinski definition) is 0. The molecule has 5 heteroatoms. The largest absolute Gasteiger partial charge is 0.469 e. The normalized spacial score (nSPS) is 17.6. The Morgan fingerprint density at radius 2 is 2.15 bits per heavy atom. The van der Waals surface area contributed by atoms with E-state index in [0.29, 0.717) is 5.15 Å². The summed E-state index contributed by atoms with van der Waals surface area (Å²) in [4.78, 5) is 16.4. The van der Waals surface area contributed by atoms with Gasteiger partial charge in [-0.3, -0.25) is 4.79 Å². The Morgan fingerprint density at radius 1 is 1.40 bits per heavy atom. The number of rotatable bonds is 2. The van der Waals surface area contributed by atoms with E-state index in [1.165, 1.54) is 7.11 Å². The number of methoxy groups -OCH3 is 1. The maximum atomic E-state index is 11.9. The molecule has 0 saturated heterocycles. The van der Waals surface area contributed by atoms with E-state index < -0.39 is 0 Å². The quantitative estimate of drug-likeness (QED) is 0.798. The second-order valence-corrected chi connectivity index (χ2v) is 5.21. The molecule has 3 rings (SSSR count). The van der Waals surface area contributed by atoms with Gasteiger partial charge in [0.2, 0.25) is 0 Å². The molecule has 0 saturated carbocycles. The van der Waals surface area contributed by atoms with Crippen molar-refractivity contribution in [3.63, 3.8) is 0 Å². The van der Waals surface area contributed by atoms with E-state index in [1.807, 2.05) is 34.9 Å². The number of carbonyl (C=O) groups excluding carboxylic acids is 1. The first-order chi connectivity index (χ1) is 9.72. The SMILES string of the molecule is COC(=O)C1CCCn2c(-c3ccccc3)nc(Cl)c21. The van der Waals surface area contributed by atoms with Crippen molar-refractivity contribution in [3.8, 4) is 11.4 Å². The summed E-state index contributed by atoms with van der Waals surface area (Å²) in [5, 5.41) is 0.402. The third-order valence-corrected chi connectivity index (χ3v) is 3.96. The number of halogens is 1. The summed E-state index contributed by atoms with van der Waals surface area (Å²) in [6, 6.07) is 9.88. The zero-order chi connectivity index (χ0) is 14.1. The average molecular weight is 291 g/mol. The minimum Gasteiger partial charge on any atom is -0.469 e. The van der Waals surface area contributed by atoms with E-state index in [1.54, 1.807) is 0 Å². The topological polar surface area (TPSA) is 44.1 Å². The van der Waals surface area contributed by atoms with Crippen LogP contribution in [0, 0.1) is 0 Å². The summed E-state index contributed by atoms with van der Waals surface area (Å²) in [6.07, 6.45) is 1.67. The number of carbonyl (C=O) groups is 1. The predicted molar refractivity (Wildman–Crippen MR) is 76.7 cm³/mol. The predicted octanol–water partition coefficient (Wildman–Crippen LogP) is 3.25. The molecular formula is C15H15ClN2O2. The van der Waals surface area contributed by atoms with E-state index in [2.05, 4.69) is 4.98 Å². The molecule has 104 valence electrons. The number of fused-ring (bicyclic) bond motifs is 1. The van der Waals surface area contributed by atoms with Crippen LogP contribution < -0.4 is 0 Å². The molecule has 1 aliphatic rings. The zero-order valence-electron chi connectivity index (χ0n) is 11.2. The van der Waals surface area contributed by atoms with Crippen molar-refractivity contribution < 1.29 is 9.53 Å². The van der Waals surface area contributed by atoms with Crippen LogP contribution in [0.1, 0.15) is 24.5 Å². The van der Waals surface area contributed by atoms with E-state index in [-0.39, 0.29) is 11.9 Å². The van der Waals surface area contributed by atoms with Crippen LogP contribution in [0.3, 0.4) is 0 Å². The van der Waals surface area contributed by atoms with Gasteiger partial charge in [0.05, 0.1) is 12.8 Å². The maximum absolute atomic E-state index is 11.9. The molecule has 20 heavy (non-hydrogen) atoms. The first-order valence-corrected chi connectivity index (χ1v) is 6.99. The Balaban J connectivity index is 2.11. The van der Waals surface area contributed by atoms with Crippen molar-refractivity contribution >= 4 is 17.6 Å². The summed E-state index contributed by atoms with van der Waals surface area (Å²) >= 11 is 6.27. The number of imidazole rings is 1. The summed E-state index contributed by atoms with van der Waals surface area (Å²) in [5.74, 6) is 0.262. The smallest absolute Gasteiger partial charge is 0.314 e. The van der Waals surface area contributed by atoms with E-state index >= 15 is 0 Å². The Morgan fingerprint density at radius 3 is 2.85 bits per heavy atom. The fourth-order valence-electron chi connectivity index (χ4n) is 2.76. The number of nitrogens with zero attached hydrogens (tertiary/aromatic N) is 2. The summed E-state index contributed by atoms with van der Waals surface area (Å²) < 4.78 is 6.92. The van der Waals surface area contributed by atoms with Crippen LogP contribution in [-0.4, -0.2) is 22.6 Å². The van der Waals surface area contributed by atoms with Gasteiger partial charge >= 0.3 is 5.97 Å². The number of esters is 1. The van der Waals surface area contributed by atoms with Gasteiger partial charge in [0.15, 0.2) is 5.15 Å². The van der Waals surface area contributed by atoms with E-state index in [9.17, 15) is 4.79 Å². The lowest BCUT2D eigenvalue weighted by Crippen LogP contribution is -2.23. The van der Waals surface area contributed by atoms with Gasteiger partial charge in [-0.1, -0.05) is 41.9 Å². The molecule has 2 heterocycles. The van der Waals surface area contributed by atoms with Crippen molar-refractivity contribution in [2.24, 2.45) is 0 Å². The number of aromatic nitrogens is 2. The highest BCUT2D eigenvalue weighted by Gasteiger charge is 2.33. The van der Waals surface area contributed by atoms with Crippen LogP contribution in [0.5, 0.6) is 0 Å². The molecule has 0 spiro atoms. The molecule has 1 aromatic carbocycles. The minimum atomic E-state index is -0.314. The highest BCUT2D eigenvalue weighted by molar-refractivity contribution is 6.30. The van der Waals surface area contributed by atoms with Crippen LogP contribution >= 0.6 is 11.6 Å². The van der Waals surface area contributed by atoms with Crippen LogP contribution in [0.25, 0.3) is 11.4 Å². The third kappa shape index (κ3) is 2.10. The molecule has 1 aromatic heterocycles. The summed E-state index contributed by atoms with van der Waals surface area (Å²) in [7, 11) is 1.41. The lowest BCUT2D eigenvalue weighted by atomic mass is 9.96. The molecule has 0 N–H and O–H groups in total. The van der Waals surface area contributed by atoms with Gasteiger partial charge in [-0.25, -0.2) is 4.98 Å². The monoisotopic (exact) mass is 290 g/mol. The minimum absolute atomic E-state index is 0.243. The second-order valence-electron chi connectivity index (χ2n) is 4.85. The molecule has 0 fully saturated rings. The molecule has 1 atom stereocenters. The fourth-order valence-corrected chi connectivity index (χ4v) is 3.08. The Labute approximate surface area is 122 Å². The van der Waals surface area contributed by atoms with Crippen molar-refractivity contribution in [1.82, 2.24) is 9.55 Å². The van der Waals surface area contributed by atoms with Crippen molar-refractivity contribution in [2.75, 3.05) is 7.11 Å². The number of benzene rings is 1. The van der Waals surface area contributed by atoms with Gasteiger partial charge in [-0.15, -0.1) is 0 Å². The lowest BCUT2D eigenvalue weighted by Gasteiger charge is -2.23. The Hall–Kier alpha value is -1.81. The standard InChI is InChI=1S/C15H15ClN2O2/c1-20-15(19)11-8-5-9-18-12(11)13(16)17-14(18)10-6-3-2-4-7-10/h2-4,6-7,11H,5,8-9H2,1H3.